The molecule has 62 valence electrons. The summed E-state index contributed by atoms with van der Waals surface area (Å²) in [4.78, 5) is 5.08. The van der Waals surface area contributed by atoms with Gasteiger partial charge in [0.2, 0.25) is 0 Å². The van der Waals surface area contributed by atoms with Crippen LogP contribution < -0.4 is 4.84 Å². The summed E-state index contributed by atoms with van der Waals surface area (Å²) in [6.07, 6.45) is 0. The molecule has 0 amide bonds. The summed E-state index contributed by atoms with van der Waals surface area (Å²) in [7, 11) is 1.60. The first-order chi connectivity index (χ1) is 5.83. The molecule has 0 bridgehead atoms. The fourth-order valence-corrected chi connectivity index (χ4v) is 1.56. The molecule has 3 heteroatoms. The standard InChI is InChI=1S/C9H8ClNO/c1-12-11-8-5-3-2-4-7(8)6-9(11)10/h2-6H,1H3. The Kier molecular flexibility index (Phi) is 1.70. The summed E-state index contributed by atoms with van der Waals surface area (Å²) in [6, 6.07) is 9.76. The lowest BCUT2D eigenvalue weighted by Gasteiger charge is -2.02. The van der Waals surface area contributed by atoms with E-state index in [9.17, 15) is 0 Å². The van der Waals surface area contributed by atoms with E-state index in [1.165, 1.54) is 0 Å². The Labute approximate surface area is 75.3 Å². The number of fused-ring (bicyclic) bond motifs is 1. The SMILES string of the molecule is COn1c(Cl)cc2ccccc21. The zero-order valence-electron chi connectivity index (χ0n) is 6.62. The van der Waals surface area contributed by atoms with E-state index in [4.69, 9.17) is 16.4 Å². The lowest BCUT2D eigenvalue weighted by Crippen LogP contribution is -2.04. The molecule has 1 aromatic heterocycles. The summed E-state index contributed by atoms with van der Waals surface area (Å²) in [5, 5.41) is 1.68. The number of rotatable bonds is 1. The highest BCUT2D eigenvalue weighted by Crippen LogP contribution is 2.21. The van der Waals surface area contributed by atoms with Gasteiger partial charge < -0.3 is 4.84 Å². The van der Waals surface area contributed by atoms with E-state index < -0.39 is 0 Å². The van der Waals surface area contributed by atoms with Crippen LogP contribution >= 0.6 is 11.6 Å². The first-order valence-electron chi connectivity index (χ1n) is 3.63. The van der Waals surface area contributed by atoms with Gasteiger partial charge >= 0.3 is 0 Å². The fourth-order valence-electron chi connectivity index (χ4n) is 1.28. The van der Waals surface area contributed by atoms with Crippen LogP contribution in [0.25, 0.3) is 10.9 Å². The monoisotopic (exact) mass is 181 g/mol. The van der Waals surface area contributed by atoms with Crippen LogP contribution in [0.5, 0.6) is 0 Å². The van der Waals surface area contributed by atoms with Gasteiger partial charge in [0.15, 0.2) is 0 Å². The quantitative estimate of drug-likeness (QED) is 0.659. The van der Waals surface area contributed by atoms with Gasteiger partial charge in [-0.3, -0.25) is 0 Å². The van der Waals surface area contributed by atoms with Crippen LogP contribution in [0, 0.1) is 0 Å². The molecule has 0 spiro atoms. The van der Waals surface area contributed by atoms with Crippen LogP contribution in [0.15, 0.2) is 30.3 Å². The smallest absolute Gasteiger partial charge is 0.146 e. The number of hydrogen-bond acceptors (Lipinski definition) is 1. The molecule has 1 heterocycles. The lowest BCUT2D eigenvalue weighted by atomic mass is 10.3. The van der Waals surface area contributed by atoms with E-state index in [1.54, 1.807) is 11.8 Å². The van der Waals surface area contributed by atoms with Crippen LogP contribution in [0.2, 0.25) is 5.15 Å². The van der Waals surface area contributed by atoms with Crippen molar-refractivity contribution in [3.8, 4) is 0 Å². The summed E-state index contributed by atoms with van der Waals surface area (Å²) >= 11 is 5.91. The number of halogens is 1. The molecular weight excluding hydrogens is 174 g/mol. The van der Waals surface area contributed by atoms with Gasteiger partial charge in [0.25, 0.3) is 0 Å². The van der Waals surface area contributed by atoms with Gasteiger partial charge in [-0.2, -0.15) is 4.73 Å². The van der Waals surface area contributed by atoms with Gasteiger partial charge in [0.1, 0.15) is 12.3 Å². The average Bonchev–Trinajstić information content (AvgIpc) is 2.40. The molecule has 0 aliphatic heterocycles. The number of para-hydroxylation sites is 1. The molecule has 0 aliphatic carbocycles. The van der Waals surface area contributed by atoms with Crippen LogP contribution in [0.1, 0.15) is 0 Å². The maximum absolute atomic E-state index is 5.91. The third-order valence-corrected chi connectivity index (χ3v) is 2.07. The molecule has 0 unspecified atom stereocenters. The van der Waals surface area contributed by atoms with Crippen molar-refractivity contribution in [2.75, 3.05) is 7.11 Å². The van der Waals surface area contributed by atoms with Crippen LogP contribution in [-0.4, -0.2) is 11.8 Å². The fraction of sp³-hybridized carbons (Fsp3) is 0.111. The second kappa shape index (κ2) is 2.72. The van der Waals surface area contributed by atoms with Gasteiger partial charge in [-0.25, -0.2) is 0 Å². The normalized spacial score (nSPS) is 10.5. The summed E-state index contributed by atoms with van der Waals surface area (Å²) < 4.78 is 1.59. The second-order valence-corrected chi connectivity index (χ2v) is 2.89. The van der Waals surface area contributed by atoms with E-state index in [2.05, 4.69) is 0 Å². The summed E-state index contributed by atoms with van der Waals surface area (Å²) in [5.41, 5.74) is 0.991. The van der Waals surface area contributed by atoms with Crippen molar-refractivity contribution < 1.29 is 4.84 Å². The average molecular weight is 182 g/mol. The van der Waals surface area contributed by atoms with E-state index >= 15 is 0 Å². The molecule has 0 fully saturated rings. The molecule has 0 atom stereocenters. The van der Waals surface area contributed by atoms with Crippen LogP contribution in [0.4, 0.5) is 0 Å². The molecule has 0 N–H and O–H groups in total. The van der Waals surface area contributed by atoms with Crippen molar-refractivity contribution in [1.82, 2.24) is 4.73 Å². The largest absolute Gasteiger partial charge is 0.416 e. The minimum atomic E-state index is 0.596. The number of benzene rings is 1. The number of nitrogens with zero attached hydrogens (tertiary/aromatic N) is 1. The Morgan fingerprint density at radius 1 is 1.33 bits per heavy atom. The minimum Gasteiger partial charge on any atom is -0.416 e. The van der Waals surface area contributed by atoms with E-state index in [0.29, 0.717) is 5.15 Å². The maximum Gasteiger partial charge on any atom is 0.146 e. The molecule has 2 nitrogen and oxygen atoms in total. The first kappa shape index (κ1) is 7.50. The zero-order valence-corrected chi connectivity index (χ0v) is 7.38. The van der Waals surface area contributed by atoms with Gasteiger partial charge in [-0.1, -0.05) is 29.8 Å². The van der Waals surface area contributed by atoms with Crippen molar-refractivity contribution >= 4 is 22.5 Å². The highest BCUT2D eigenvalue weighted by Gasteiger charge is 2.04. The summed E-state index contributed by atoms with van der Waals surface area (Å²) in [6.45, 7) is 0. The van der Waals surface area contributed by atoms with E-state index in [0.717, 1.165) is 10.9 Å². The van der Waals surface area contributed by atoms with Crippen molar-refractivity contribution in [1.29, 1.82) is 0 Å². The van der Waals surface area contributed by atoms with Gasteiger partial charge in [-0.15, -0.1) is 0 Å². The lowest BCUT2D eigenvalue weighted by molar-refractivity contribution is 0.180. The van der Waals surface area contributed by atoms with Gasteiger partial charge in [0, 0.05) is 5.39 Å². The van der Waals surface area contributed by atoms with Crippen LogP contribution in [0.3, 0.4) is 0 Å². The highest BCUT2D eigenvalue weighted by molar-refractivity contribution is 6.30. The van der Waals surface area contributed by atoms with Crippen molar-refractivity contribution in [3.05, 3.63) is 35.5 Å². The van der Waals surface area contributed by atoms with Crippen molar-refractivity contribution in [3.63, 3.8) is 0 Å². The van der Waals surface area contributed by atoms with E-state index in [-0.39, 0.29) is 0 Å². The third-order valence-electron chi connectivity index (χ3n) is 1.81. The number of aromatic nitrogens is 1. The molecule has 0 aliphatic rings. The zero-order chi connectivity index (χ0) is 8.55. The predicted octanol–water partition coefficient (Wildman–Crippen LogP) is 2.35. The third kappa shape index (κ3) is 0.959. The van der Waals surface area contributed by atoms with Gasteiger partial charge in [0.05, 0.1) is 5.52 Å². The Bertz CT molecular complexity index is 408. The molecule has 12 heavy (non-hydrogen) atoms. The van der Waals surface area contributed by atoms with Gasteiger partial charge in [-0.05, 0) is 12.1 Å². The molecule has 0 radical (unpaired) electrons. The highest BCUT2D eigenvalue weighted by atomic mass is 35.5. The van der Waals surface area contributed by atoms with Crippen molar-refractivity contribution in [2.45, 2.75) is 0 Å². The van der Waals surface area contributed by atoms with Crippen LogP contribution in [-0.2, 0) is 0 Å². The maximum atomic E-state index is 5.91. The topological polar surface area (TPSA) is 14.2 Å². The Morgan fingerprint density at radius 2 is 2.08 bits per heavy atom. The first-order valence-corrected chi connectivity index (χ1v) is 4.01. The van der Waals surface area contributed by atoms with E-state index in [1.807, 2.05) is 30.3 Å². The predicted molar refractivity (Wildman–Crippen MR) is 49.5 cm³/mol. The molecule has 0 saturated heterocycles. The number of hydrogen-bond donors (Lipinski definition) is 0. The minimum absolute atomic E-state index is 0.596. The summed E-state index contributed by atoms with van der Waals surface area (Å²) in [5.74, 6) is 0. The molecule has 0 saturated carbocycles. The van der Waals surface area contributed by atoms with Crippen molar-refractivity contribution in [2.24, 2.45) is 0 Å². The Balaban J connectivity index is 2.81. The molecular formula is C9H8ClNO. The Morgan fingerprint density at radius 3 is 2.83 bits per heavy atom. The Hall–Kier alpha value is -1.15. The molecule has 1 aromatic carbocycles. The molecule has 2 aromatic rings. The molecule has 2 rings (SSSR count). The second-order valence-electron chi connectivity index (χ2n) is 2.50.